The molecule has 1 aliphatic heterocycles. The van der Waals surface area contributed by atoms with Gasteiger partial charge in [-0.15, -0.1) is 0 Å². The van der Waals surface area contributed by atoms with E-state index < -0.39 is 0 Å². The van der Waals surface area contributed by atoms with Gasteiger partial charge < -0.3 is 20.1 Å². The summed E-state index contributed by atoms with van der Waals surface area (Å²) in [4.78, 5) is 16.3. The zero-order valence-electron chi connectivity index (χ0n) is 20.7. The van der Waals surface area contributed by atoms with Crippen LogP contribution in [0.4, 0.5) is 23.1 Å². The molecular weight excluding hydrogens is 452 g/mol. The number of aromatic nitrogens is 3. The third kappa shape index (κ3) is 5.44. The molecule has 2 bridgehead atoms. The molecule has 4 aliphatic rings. The molecule has 0 atom stereocenters. The van der Waals surface area contributed by atoms with E-state index in [-0.39, 0.29) is 0 Å². The largest absolute Gasteiger partial charge is 0.494 e. The van der Waals surface area contributed by atoms with Crippen molar-refractivity contribution in [3.63, 3.8) is 0 Å². The Morgan fingerprint density at radius 1 is 0.917 bits per heavy atom. The summed E-state index contributed by atoms with van der Waals surface area (Å²) in [6, 6.07) is 12.1. The average molecular weight is 487 g/mol. The lowest BCUT2D eigenvalue weighted by Gasteiger charge is -2.37. The summed E-state index contributed by atoms with van der Waals surface area (Å²) < 4.78 is 11.3. The van der Waals surface area contributed by atoms with Crippen LogP contribution in [0.3, 0.4) is 0 Å². The third-order valence-electron chi connectivity index (χ3n) is 7.53. The van der Waals surface area contributed by atoms with Gasteiger partial charge in [0.05, 0.1) is 31.7 Å². The molecule has 0 unspecified atom stereocenters. The lowest BCUT2D eigenvalue weighted by Crippen LogP contribution is -2.37. The third-order valence-corrected chi connectivity index (χ3v) is 7.53. The summed E-state index contributed by atoms with van der Waals surface area (Å²) in [5.74, 6) is 3.48. The Balaban J connectivity index is 1.02. The van der Waals surface area contributed by atoms with Crippen LogP contribution in [-0.4, -0.2) is 59.3 Å². The zero-order chi connectivity index (χ0) is 24.2. The number of fused-ring (bicyclic) bond motifs is 2. The molecule has 8 nitrogen and oxygen atoms in total. The lowest BCUT2D eigenvalue weighted by molar-refractivity contribution is 0.0358. The fourth-order valence-electron chi connectivity index (χ4n) is 5.61. The minimum absolute atomic E-state index is 0.546. The van der Waals surface area contributed by atoms with Gasteiger partial charge in [-0.3, -0.25) is 9.88 Å². The van der Waals surface area contributed by atoms with Gasteiger partial charge in [0, 0.05) is 43.1 Å². The number of rotatable bonds is 9. The van der Waals surface area contributed by atoms with Gasteiger partial charge in [0.15, 0.2) is 0 Å². The Labute approximate surface area is 212 Å². The van der Waals surface area contributed by atoms with Crippen LogP contribution >= 0.6 is 0 Å². The maximum absolute atomic E-state index is 5.91. The van der Waals surface area contributed by atoms with Gasteiger partial charge >= 0.3 is 0 Å². The van der Waals surface area contributed by atoms with Crippen molar-refractivity contribution in [2.75, 3.05) is 50.1 Å². The summed E-state index contributed by atoms with van der Waals surface area (Å²) in [5, 5.41) is 6.70. The smallest absolute Gasteiger partial charge is 0.229 e. The maximum atomic E-state index is 5.91. The second-order valence-corrected chi connectivity index (χ2v) is 9.94. The Hall–Kier alpha value is -3.23. The Morgan fingerprint density at radius 3 is 2.56 bits per heavy atom. The van der Waals surface area contributed by atoms with Gasteiger partial charge in [0.2, 0.25) is 5.95 Å². The van der Waals surface area contributed by atoms with E-state index in [4.69, 9.17) is 14.5 Å². The van der Waals surface area contributed by atoms with Crippen LogP contribution in [0.1, 0.15) is 55.2 Å². The molecule has 1 saturated heterocycles. The molecular formula is C28H34N6O2. The van der Waals surface area contributed by atoms with Crippen LogP contribution in [0.5, 0.6) is 5.75 Å². The topological polar surface area (TPSA) is 84.4 Å². The first-order chi connectivity index (χ1) is 17.8. The molecule has 2 N–H and O–H groups in total. The standard InChI is InChI=1S/C28H34N6O2/c1(12-34-13-16-35-17-14-34)15-36-24-8-6-22(7-9-24)32-28-29-11-10-26(33-28)31-23-18-25-20-2-4-21(5-3-20)27(25)30-19-23/h6-11,18-21H,1-5,12-17H2,(H2,29,31,32,33). The molecule has 0 amide bonds. The normalized spacial score (nSPS) is 21.1. The van der Waals surface area contributed by atoms with Crippen molar-refractivity contribution in [1.82, 2.24) is 19.9 Å². The zero-order valence-corrected chi connectivity index (χ0v) is 20.7. The van der Waals surface area contributed by atoms with Crippen molar-refractivity contribution in [3.05, 3.63) is 60.0 Å². The predicted molar refractivity (Wildman–Crippen MR) is 141 cm³/mol. The van der Waals surface area contributed by atoms with Crippen LogP contribution in [0.15, 0.2) is 48.8 Å². The molecule has 0 radical (unpaired) electrons. The molecule has 0 spiro atoms. The van der Waals surface area contributed by atoms with Crippen molar-refractivity contribution < 1.29 is 9.47 Å². The molecule has 8 heteroatoms. The van der Waals surface area contributed by atoms with Crippen molar-refractivity contribution >= 4 is 23.1 Å². The van der Waals surface area contributed by atoms with E-state index in [2.05, 4.69) is 31.6 Å². The average Bonchev–Trinajstić information content (AvgIpc) is 2.93. The highest BCUT2D eigenvalue weighted by Gasteiger charge is 2.34. The quantitative estimate of drug-likeness (QED) is 0.399. The number of morpholine rings is 1. The number of hydrogen-bond donors (Lipinski definition) is 2. The van der Waals surface area contributed by atoms with Crippen molar-refractivity contribution in [3.8, 4) is 5.75 Å². The Bertz CT molecular complexity index is 1160. The number of nitrogens with zero attached hydrogens (tertiary/aromatic N) is 4. The van der Waals surface area contributed by atoms with E-state index in [0.29, 0.717) is 24.4 Å². The van der Waals surface area contributed by atoms with Gasteiger partial charge in [-0.2, -0.15) is 4.98 Å². The minimum Gasteiger partial charge on any atom is -0.494 e. The van der Waals surface area contributed by atoms with E-state index in [0.717, 1.165) is 62.2 Å². The summed E-state index contributed by atoms with van der Waals surface area (Å²) >= 11 is 0. The highest BCUT2D eigenvalue weighted by Crippen LogP contribution is 2.48. The van der Waals surface area contributed by atoms with Gasteiger partial charge in [-0.05, 0) is 80.0 Å². The van der Waals surface area contributed by atoms with Crippen molar-refractivity contribution in [2.24, 2.45) is 0 Å². The summed E-state index contributed by atoms with van der Waals surface area (Å²) in [5.41, 5.74) is 4.65. The van der Waals surface area contributed by atoms with E-state index in [1.54, 1.807) is 6.20 Å². The number of anilines is 4. The summed E-state index contributed by atoms with van der Waals surface area (Å²) in [6.07, 6.45) is 9.88. The van der Waals surface area contributed by atoms with Crippen LogP contribution in [0, 0.1) is 0 Å². The molecule has 1 aromatic carbocycles. The molecule has 3 heterocycles. The Morgan fingerprint density at radius 2 is 1.72 bits per heavy atom. The van der Waals surface area contributed by atoms with Crippen LogP contribution in [0.2, 0.25) is 0 Å². The van der Waals surface area contributed by atoms with E-state index in [1.807, 2.05) is 36.5 Å². The first-order valence-corrected chi connectivity index (χ1v) is 13.2. The van der Waals surface area contributed by atoms with Gasteiger partial charge in [0.25, 0.3) is 0 Å². The molecule has 2 aromatic heterocycles. The van der Waals surface area contributed by atoms with Gasteiger partial charge in [-0.1, -0.05) is 0 Å². The van der Waals surface area contributed by atoms with Crippen LogP contribution in [0.25, 0.3) is 0 Å². The van der Waals surface area contributed by atoms with E-state index in [9.17, 15) is 0 Å². The number of benzene rings is 1. The SMILES string of the molecule is c1cc(Nc2cnc3c(c2)C2CCC3CC2)nc(Nc2ccc(OCCCN3CCOCC3)cc2)n1. The number of pyridine rings is 1. The van der Waals surface area contributed by atoms with Gasteiger partial charge in [-0.25, -0.2) is 4.98 Å². The van der Waals surface area contributed by atoms with E-state index >= 15 is 0 Å². The molecule has 3 aromatic rings. The number of ether oxygens (including phenoxy) is 2. The number of nitrogens with one attached hydrogen (secondary N) is 2. The maximum Gasteiger partial charge on any atom is 0.229 e. The second-order valence-electron chi connectivity index (χ2n) is 9.94. The van der Waals surface area contributed by atoms with E-state index in [1.165, 1.54) is 36.9 Å². The molecule has 7 rings (SSSR count). The van der Waals surface area contributed by atoms with Gasteiger partial charge in [0.1, 0.15) is 11.6 Å². The minimum atomic E-state index is 0.546. The first-order valence-electron chi connectivity index (χ1n) is 13.2. The highest BCUT2D eigenvalue weighted by molar-refractivity contribution is 5.60. The molecule has 188 valence electrons. The first kappa shape index (κ1) is 23.2. The van der Waals surface area contributed by atoms with Crippen LogP contribution < -0.4 is 15.4 Å². The molecule has 2 fully saturated rings. The predicted octanol–water partition coefficient (Wildman–Crippen LogP) is 5.21. The van der Waals surface area contributed by atoms with Crippen molar-refractivity contribution in [1.29, 1.82) is 0 Å². The highest BCUT2D eigenvalue weighted by atomic mass is 16.5. The molecule has 36 heavy (non-hydrogen) atoms. The molecule has 1 saturated carbocycles. The van der Waals surface area contributed by atoms with Crippen LogP contribution in [-0.2, 0) is 4.74 Å². The fourth-order valence-corrected chi connectivity index (χ4v) is 5.61. The number of hydrogen-bond acceptors (Lipinski definition) is 8. The fraction of sp³-hybridized carbons (Fsp3) is 0.464. The Kier molecular flexibility index (Phi) is 6.96. The van der Waals surface area contributed by atoms with Crippen molar-refractivity contribution in [2.45, 2.75) is 43.9 Å². The second kappa shape index (κ2) is 10.8. The molecule has 3 aliphatic carbocycles. The monoisotopic (exact) mass is 486 g/mol. The lowest BCUT2D eigenvalue weighted by atomic mass is 9.69. The summed E-state index contributed by atoms with van der Waals surface area (Å²) in [6.45, 7) is 5.47. The summed E-state index contributed by atoms with van der Waals surface area (Å²) in [7, 11) is 0.